The van der Waals surface area contributed by atoms with Gasteiger partial charge in [-0.1, -0.05) is 0 Å². The largest absolute Gasteiger partial charge is 0.480 e. The van der Waals surface area contributed by atoms with E-state index in [2.05, 4.69) is 5.10 Å². The Morgan fingerprint density at radius 1 is 1.56 bits per heavy atom. The highest BCUT2D eigenvalue weighted by atomic mass is 16.4. The molecule has 1 amide bonds. The molecule has 1 rings (SSSR count). The highest BCUT2D eigenvalue weighted by molar-refractivity contribution is 5.83. The minimum Gasteiger partial charge on any atom is -0.480 e. The number of hydrogen-bond acceptors (Lipinski definition) is 3. The van der Waals surface area contributed by atoms with Crippen molar-refractivity contribution in [2.75, 3.05) is 7.05 Å². The predicted molar refractivity (Wildman–Crippen MR) is 56.7 cm³/mol. The van der Waals surface area contributed by atoms with Crippen molar-refractivity contribution in [1.82, 2.24) is 14.7 Å². The Bertz CT molecular complexity index is 361. The summed E-state index contributed by atoms with van der Waals surface area (Å²) in [6.07, 6.45) is 3.64. The zero-order valence-corrected chi connectivity index (χ0v) is 9.33. The lowest BCUT2D eigenvalue weighted by Gasteiger charge is -2.21. The number of nitrogens with zero attached hydrogens (tertiary/aromatic N) is 3. The van der Waals surface area contributed by atoms with Crippen LogP contribution in [-0.2, 0) is 16.1 Å². The topological polar surface area (TPSA) is 75.4 Å². The molecule has 0 bridgehead atoms. The lowest BCUT2D eigenvalue weighted by Crippen LogP contribution is -2.40. The fraction of sp³-hybridized carbons (Fsp3) is 0.500. The molecule has 0 saturated heterocycles. The van der Waals surface area contributed by atoms with Crippen molar-refractivity contribution in [3.63, 3.8) is 0 Å². The molecular formula is C10H15N3O3. The lowest BCUT2D eigenvalue weighted by atomic mass is 10.2. The first-order chi connectivity index (χ1) is 7.52. The number of carbonyl (C=O) groups is 2. The molecule has 0 radical (unpaired) electrons. The van der Waals surface area contributed by atoms with Crippen molar-refractivity contribution < 1.29 is 14.7 Å². The van der Waals surface area contributed by atoms with E-state index >= 15 is 0 Å². The predicted octanol–water partition coefficient (Wildman–Crippen LogP) is 0.205. The second kappa shape index (κ2) is 5.29. The van der Waals surface area contributed by atoms with Gasteiger partial charge < -0.3 is 10.0 Å². The van der Waals surface area contributed by atoms with Crippen LogP contribution in [0.3, 0.4) is 0 Å². The maximum absolute atomic E-state index is 11.6. The number of carboxylic acids is 1. The molecule has 0 aliphatic carbocycles. The molecule has 0 aromatic carbocycles. The van der Waals surface area contributed by atoms with Gasteiger partial charge in [0.15, 0.2) is 0 Å². The third kappa shape index (κ3) is 3.08. The number of aromatic nitrogens is 2. The van der Waals surface area contributed by atoms with E-state index in [-0.39, 0.29) is 12.3 Å². The van der Waals surface area contributed by atoms with Gasteiger partial charge in [-0.2, -0.15) is 5.10 Å². The maximum Gasteiger partial charge on any atom is 0.326 e. The fourth-order valence-electron chi connectivity index (χ4n) is 1.20. The molecule has 16 heavy (non-hydrogen) atoms. The van der Waals surface area contributed by atoms with Crippen molar-refractivity contribution >= 4 is 11.9 Å². The number of rotatable bonds is 5. The molecule has 0 spiro atoms. The normalized spacial score (nSPS) is 12.1. The Morgan fingerprint density at radius 3 is 2.75 bits per heavy atom. The monoisotopic (exact) mass is 225 g/mol. The second-order valence-corrected chi connectivity index (χ2v) is 3.54. The first kappa shape index (κ1) is 12.2. The molecule has 1 unspecified atom stereocenters. The van der Waals surface area contributed by atoms with Crippen LogP contribution in [0.4, 0.5) is 0 Å². The van der Waals surface area contributed by atoms with Crippen LogP contribution in [0.25, 0.3) is 0 Å². The number of aryl methyl sites for hydroxylation is 1. The Hall–Kier alpha value is -1.85. The van der Waals surface area contributed by atoms with Crippen molar-refractivity contribution in [2.24, 2.45) is 0 Å². The van der Waals surface area contributed by atoms with E-state index in [1.807, 2.05) is 0 Å². The zero-order chi connectivity index (χ0) is 12.1. The quantitative estimate of drug-likeness (QED) is 0.777. The lowest BCUT2D eigenvalue weighted by molar-refractivity contribution is -0.148. The van der Waals surface area contributed by atoms with Crippen molar-refractivity contribution in [3.05, 3.63) is 18.5 Å². The first-order valence-corrected chi connectivity index (χ1v) is 4.98. The van der Waals surface area contributed by atoms with Crippen LogP contribution in [-0.4, -0.2) is 44.8 Å². The Morgan fingerprint density at radius 2 is 2.25 bits per heavy atom. The van der Waals surface area contributed by atoms with Crippen LogP contribution in [0.5, 0.6) is 0 Å². The van der Waals surface area contributed by atoms with Gasteiger partial charge >= 0.3 is 5.97 Å². The smallest absolute Gasteiger partial charge is 0.326 e. The summed E-state index contributed by atoms with van der Waals surface area (Å²) in [6.45, 7) is 1.94. The molecule has 88 valence electrons. The molecule has 0 saturated carbocycles. The van der Waals surface area contributed by atoms with Gasteiger partial charge in [-0.05, 0) is 13.0 Å². The average molecular weight is 225 g/mol. The number of carboxylic acid groups (broad SMARTS) is 1. The number of carbonyl (C=O) groups excluding carboxylic acids is 1. The van der Waals surface area contributed by atoms with Gasteiger partial charge in [-0.25, -0.2) is 4.79 Å². The molecule has 1 atom stereocenters. The standard InChI is InChI=1S/C10H15N3O3/c1-8(10(15)16)12(2)9(14)4-7-13-6-3-5-11-13/h3,5-6,8H,4,7H2,1-2H3,(H,15,16). The van der Waals surface area contributed by atoms with E-state index in [0.29, 0.717) is 6.54 Å². The van der Waals surface area contributed by atoms with Crippen LogP contribution in [0.1, 0.15) is 13.3 Å². The maximum atomic E-state index is 11.6. The van der Waals surface area contributed by atoms with Gasteiger partial charge in [0.1, 0.15) is 6.04 Å². The molecule has 6 heteroatoms. The van der Waals surface area contributed by atoms with Crippen LogP contribution < -0.4 is 0 Å². The van der Waals surface area contributed by atoms with E-state index in [1.165, 1.54) is 18.9 Å². The number of hydrogen-bond donors (Lipinski definition) is 1. The van der Waals surface area contributed by atoms with E-state index in [1.54, 1.807) is 23.1 Å². The van der Waals surface area contributed by atoms with Crippen LogP contribution in [0.15, 0.2) is 18.5 Å². The molecule has 1 N–H and O–H groups in total. The summed E-state index contributed by atoms with van der Waals surface area (Å²) in [6, 6.07) is 0.971. The molecule has 6 nitrogen and oxygen atoms in total. The van der Waals surface area contributed by atoms with Gasteiger partial charge in [-0.3, -0.25) is 9.48 Å². The summed E-state index contributed by atoms with van der Waals surface area (Å²) >= 11 is 0. The fourth-order valence-corrected chi connectivity index (χ4v) is 1.20. The number of amides is 1. The van der Waals surface area contributed by atoms with Crippen LogP contribution in [0.2, 0.25) is 0 Å². The summed E-state index contributed by atoms with van der Waals surface area (Å²) in [4.78, 5) is 23.5. The first-order valence-electron chi connectivity index (χ1n) is 4.98. The van der Waals surface area contributed by atoms with Crippen molar-refractivity contribution in [3.8, 4) is 0 Å². The third-order valence-corrected chi connectivity index (χ3v) is 2.45. The molecular weight excluding hydrogens is 210 g/mol. The molecule has 0 aliphatic rings. The van der Waals surface area contributed by atoms with E-state index < -0.39 is 12.0 Å². The zero-order valence-electron chi connectivity index (χ0n) is 9.33. The molecule has 1 heterocycles. The Kier molecular flexibility index (Phi) is 4.04. The number of aliphatic carboxylic acids is 1. The molecule has 1 aromatic heterocycles. The van der Waals surface area contributed by atoms with Crippen molar-refractivity contribution in [2.45, 2.75) is 25.9 Å². The van der Waals surface area contributed by atoms with Gasteiger partial charge in [0.2, 0.25) is 5.91 Å². The highest BCUT2D eigenvalue weighted by Gasteiger charge is 2.21. The minimum atomic E-state index is -1.00. The summed E-state index contributed by atoms with van der Waals surface area (Å²) in [5.74, 6) is -1.21. The summed E-state index contributed by atoms with van der Waals surface area (Å²) < 4.78 is 1.64. The summed E-state index contributed by atoms with van der Waals surface area (Å²) in [5.41, 5.74) is 0. The highest BCUT2D eigenvalue weighted by Crippen LogP contribution is 2.00. The van der Waals surface area contributed by atoms with E-state index in [9.17, 15) is 9.59 Å². The van der Waals surface area contributed by atoms with Crippen LogP contribution in [0, 0.1) is 0 Å². The average Bonchev–Trinajstić information content (AvgIpc) is 2.76. The van der Waals surface area contributed by atoms with E-state index in [0.717, 1.165) is 0 Å². The molecule has 1 aromatic rings. The third-order valence-electron chi connectivity index (χ3n) is 2.45. The van der Waals surface area contributed by atoms with Gasteiger partial charge in [0.05, 0.1) is 0 Å². The van der Waals surface area contributed by atoms with Gasteiger partial charge in [-0.15, -0.1) is 0 Å². The summed E-state index contributed by atoms with van der Waals surface area (Å²) in [5, 5.41) is 12.7. The van der Waals surface area contributed by atoms with Gasteiger partial charge in [0.25, 0.3) is 0 Å². The van der Waals surface area contributed by atoms with Crippen LogP contribution >= 0.6 is 0 Å². The molecule has 0 aliphatic heterocycles. The molecule has 0 fully saturated rings. The van der Waals surface area contributed by atoms with Crippen molar-refractivity contribution in [1.29, 1.82) is 0 Å². The summed E-state index contributed by atoms with van der Waals surface area (Å²) in [7, 11) is 1.49. The minimum absolute atomic E-state index is 0.203. The second-order valence-electron chi connectivity index (χ2n) is 3.54. The SMILES string of the molecule is CC(C(=O)O)N(C)C(=O)CCn1cccn1. The van der Waals surface area contributed by atoms with E-state index in [4.69, 9.17) is 5.11 Å². The van der Waals surface area contributed by atoms with Gasteiger partial charge in [0, 0.05) is 32.4 Å². The Labute approximate surface area is 93.5 Å². The number of likely N-dealkylation sites (N-methyl/N-ethyl adjacent to an activating group) is 1. The Balaban J connectivity index is 2.43.